The van der Waals surface area contributed by atoms with Gasteiger partial charge in [-0.3, -0.25) is 4.79 Å². The lowest BCUT2D eigenvalue weighted by molar-refractivity contribution is 0.0954. The molecular formula is C21H19BrN2O4. The van der Waals surface area contributed by atoms with Crippen LogP contribution in [0.15, 0.2) is 62.5 Å². The molecule has 2 aromatic carbocycles. The van der Waals surface area contributed by atoms with Crippen LogP contribution in [-0.4, -0.2) is 26.3 Å². The minimum Gasteiger partial charge on any atom is -0.497 e. The first kappa shape index (κ1) is 19.7. The number of aryl methyl sites for hydroxylation is 1. The minimum atomic E-state index is -0.387. The fraction of sp³-hybridized carbons (Fsp3) is 0.143. The molecule has 1 heterocycles. The molecule has 0 atom stereocenters. The number of nitrogens with zero attached hydrogens (tertiary/aromatic N) is 1. The van der Waals surface area contributed by atoms with Crippen molar-refractivity contribution in [1.82, 2.24) is 5.43 Å². The summed E-state index contributed by atoms with van der Waals surface area (Å²) in [6, 6.07) is 14.6. The van der Waals surface area contributed by atoms with Crippen LogP contribution in [0.3, 0.4) is 0 Å². The highest BCUT2D eigenvalue weighted by atomic mass is 79.9. The normalized spacial score (nSPS) is 10.9. The molecule has 0 fully saturated rings. The lowest BCUT2D eigenvalue weighted by atomic mass is 10.1. The van der Waals surface area contributed by atoms with Gasteiger partial charge in [-0.1, -0.05) is 22.0 Å². The number of methoxy groups -OCH3 is 2. The Morgan fingerprint density at radius 1 is 1.07 bits per heavy atom. The lowest BCUT2D eigenvalue weighted by Crippen LogP contribution is -2.17. The van der Waals surface area contributed by atoms with Crippen molar-refractivity contribution in [2.75, 3.05) is 14.2 Å². The molecule has 3 rings (SSSR count). The molecule has 28 heavy (non-hydrogen) atoms. The van der Waals surface area contributed by atoms with Crippen molar-refractivity contribution < 1.29 is 18.7 Å². The van der Waals surface area contributed by atoms with Gasteiger partial charge < -0.3 is 13.9 Å². The Hall–Kier alpha value is -3.06. The van der Waals surface area contributed by atoms with Crippen LogP contribution in [-0.2, 0) is 0 Å². The van der Waals surface area contributed by atoms with Crippen molar-refractivity contribution >= 4 is 28.1 Å². The Balaban J connectivity index is 1.70. The summed E-state index contributed by atoms with van der Waals surface area (Å²) in [5, 5.41) is 3.96. The zero-order valence-corrected chi connectivity index (χ0v) is 17.2. The third-order valence-electron chi connectivity index (χ3n) is 3.99. The number of ether oxygens (including phenoxy) is 2. The summed E-state index contributed by atoms with van der Waals surface area (Å²) in [7, 11) is 3.05. The number of nitrogens with one attached hydrogen (secondary N) is 1. The van der Waals surface area contributed by atoms with Gasteiger partial charge >= 0.3 is 0 Å². The first-order valence-electron chi connectivity index (χ1n) is 8.43. The number of halogens is 1. The smallest absolute Gasteiger partial charge is 0.271 e. The van der Waals surface area contributed by atoms with Gasteiger partial charge in [-0.2, -0.15) is 5.10 Å². The van der Waals surface area contributed by atoms with Crippen LogP contribution in [0.2, 0.25) is 0 Å². The van der Waals surface area contributed by atoms with E-state index in [2.05, 4.69) is 26.5 Å². The molecule has 0 aliphatic carbocycles. The molecule has 7 heteroatoms. The first-order valence-corrected chi connectivity index (χ1v) is 9.22. The maximum Gasteiger partial charge on any atom is 0.271 e. The van der Waals surface area contributed by atoms with Gasteiger partial charge in [0.25, 0.3) is 5.91 Å². The first-order chi connectivity index (χ1) is 13.5. The Labute approximate surface area is 171 Å². The van der Waals surface area contributed by atoms with E-state index in [1.807, 2.05) is 31.2 Å². The highest BCUT2D eigenvalue weighted by molar-refractivity contribution is 9.10. The van der Waals surface area contributed by atoms with Gasteiger partial charge in [0.1, 0.15) is 23.0 Å². The zero-order chi connectivity index (χ0) is 20.1. The van der Waals surface area contributed by atoms with Crippen LogP contribution in [0.1, 0.15) is 21.7 Å². The molecule has 0 aliphatic rings. The second-order valence-corrected chi connectivity index (χ2v) is 6.84. The Kier molecular flexibility index (Phi) is 6.16. The summed E-state index contributed by atoms with van der Waals surface area (Å²) in [5.41, 5.74) is 4.94. The zero-order valence-electron chi connectivity index (χ0n) is 15.7. The molecule has 0 spiro atoms. The van der Waals surface area contributed by atoms with E-state index in [1.54, 1.807) is 24.3 Å². The quantitative estimate of drug-likeness (QED) is 0.439. The molecule has 0 saturated heterocycles. The molecule has 3 aromatic rings. The Morgan fingerprint density at radius 3 is 2.43 bits per heavy atom. The largest absolute Gasteiger partial charge is 0.497 e. The molecule has 1 aromatic heterocycles. The SMILES string of the molecule is COc1cc(OC)cc(C(=O)N/N=C\c2ccc(-c3ccc(C)cc3Br)o2)c1. The standard InChI is InChI=1S/C21H19BrN2O4/c1-13-4-6-18(19(22)8-13)20-7-5-15(28-20)12-23-24-21(25)14-9-16(26-2)11-17(10-14)27-3/h4-12H,1-3H3,(H,24,25)/b23-12-. The Morgan fingerprint density at radius 2 is 1.79 bits per heavy atom. The molecule has 144 valence electrons. The average molecular weight is 443 g/mol. The summed E-state index contributed by atoms with van der Waals surface area (Å²) >= 11 is 3.54. The van der Waals surface area contributed by atoms with E-state index in [-0.39, 0.29) is 5.91 Å². The van der Waals surface area contributed by atoms with E-state index in [4.69, 9.17) is 13.9 Å². The number of carbonyl (C=O) groups excluding carboxylic acids is 1. The topological polar surface area (TPSA) is 73.1 Å². The van der Waals surface area contributed by atoms with Crippen molar-refractivity contribution in [2.24, 2.45) is 5.10 Å². The van der Waals surface area contributed by atoms with E-state index >= 15 is 0 Å². The second kappa shape index (κ2) is 8.75. The third-order valence-corrected chi connectivity index (χ3v) is 4.64. The van der Waals surface area contributed by atoms with Crippen LogP contribution >= 0.6 is 15.9 Å². The third kappa shape index (κ3) is 4.61. The van der Waals surface area contributed by atoms with E-state index < -0.39 is 0 Å². The number of benzene rings is 2. The van der Waals surface area contributed by atoms with Crippen LogP contribution in [0.25, 0.3) is 11.3 Å². The average Bonchev–Trinajstić information content (AvgIpc) is 3.15. The van der Waals surface area contributed by atoms with Crippen molar-refractivity contribution in [2.45, 2.75) is 6.92 Å². The summed E-state index contributed by atoms with van der Waals surface area (Å²) in [6.07, 6.45) is 1.45. The molecule has 0 radical (unpaired) electrons. The van der Waals surface area contributed by atoms with E-state index in [0.29, 0.717) is 28.6 Å². The fourth-order valence-electron chi connectivity index (χ4n) is 2.54. The lowest BCUT2D eigenvalue weighted by Gasteiger charge is -2.07. The highest BCUT2D eigenvalue weighted by Gasteiger charge is 2.10. The van der Waals surface area contributed by atoms with Crippen molar-refractivity contribution in [3.05, 3.63) is 69.9 Å². The van der Waals surface area contributed by atoms with E-state index in [0.717, 1.165) is 15.6 Å². The number of furan rings is 1. The van der Waals surface area contributed by atoms with Crippen molar-refractivity contribution in [3.63, 3.8) is 0 Å². The predicted octanol–water partition coefficient (Wildman–Crippen LogP) is 4.80. The highest BCUT2D eigenvalue weighted by Crippen LogP contribution is 2.30. The van der Waals surface area contributed by atoms with Gasteiger partial charge in [0.15, 0.2) is 0 Å². The van der Waals surface area contributed by atoms with Crippen molar-refractivity contribution in [3.8, 4) is 22.8 Å². The van der Waals surface area contributed by atoms with Crippen LogP contribution < -0.4 is 14.9 Å². The van der Waals surface area contributed by atoms with Gasteiger partial charge in [0.05, 0.1) is 20.4 Å². The molecule has 0 unspecified atom stereocenters. The number of hydrogen-bond acceptors (Lipinski definition) is 5. The van der Waals surface area contributed by atoms with Gasteiger partial charge in [0.2, 0.25) is 0 Å². The number of hydrazone groups is 1. The summed E-state index contributed by atoms with van der Waals surface area (Å²) in [4.78, 5) is 12.3. The second-order valence-electron chi connectivity index (χ2n) is 5.99. The van der Waals surface area contributed by atoms with E-state index in [1.165, 1.54) is 20.4 Å². The monoisotopic (exact) mass is 442 g/mol. The molecule has 1 amide bonds. The summed E-state index contributed by atoms with van der Waals surface area (Å²) in [6.45, 7) is 2.02. The molecule has 0 aliphatic heterocycles. The number of rotatable bonds is 6. The molecule has 0 saturated carbocycles. The maximum absolute atomic E-state index is 12.3. The van der Waals surface area contributed by atoms with Gasteiger partial charge in [-0.05, 0) is 48.9 Å². The van der Waals surface area contributed by atoms with Gasteiger partial charge in [-0.15, -0.1) is 0 Å². The molecule has 0 bridgehead atoms. The summed E-state index contributed by atoms with van der Waals surface area (Å²) in [5.74, 6) is 1.88. The number of hydrogen-bond donors (Lipinski definition) is 1. The van der Waals surface area contributed by atoms with Crippen molar-refractivity contribution in [1.29, 1.82) is 0 Å². The van der Waals surface area contributed by atoms with Gasteiger partial charge in [-0.25, -0.2) is 5.43 Å². The van der Waals surface area contributed by atoms with Crippen LogP contribution in [0, 0.1) is 6.92 Å². The molecular weight excluding hydrogens is 424 g/mol. The number of amides is 1. The number of carbonyl (C=O) groups is 1. The molecule has 6 nitrogen and oxygen atoms in total. The van der Waals surface area contributed by atoms with Gasteiger partial charge in [0, 0.05) is 21.7 Å². The minimum absolute atomic E-state index is 0.372. The van der Waals surface area contributed by atoms with E-state index in [9.17, 15) is 4.79 Å². The van der Waals surface area contributed by atoms with Crippen LogP contribution in [0.5, 0.6) is 11.5 Å². The predicted molar refractivity (Wildman–Crippen MR) is 111 cm³/mol. The summed E-state index contributed by atoms with van der Waals surface area (Å²) < 4.78 is 17.1. The van der Waals surface area contributed by atoms with Crippen LogP contribution in [0.4, 0.5) is 0 Å². The maximum atomic E-state index is 12.3. The Bertz CT molecular complexity index is 1000. The molecule has 1 N–H and O–H groups in total. The fourth-order valence-corrected chi connectivity index (χ4v) is 3.23.